The molecule has 146 valence electrons. The average molecular weight is 416 g/mol. The molecule has 1 heterocycles. The van der Waals surface area contributed by atoms with Gasteiger partial charge in [0.1, 0.15) is 5.25 Å². The molecule has 2 aromatic rings. The minimum absolute atomic E-state index is 0.0966. The number of nitrogens with one attached hydrogen (secondary N) is 1. The SMILES string of the molecule is Cc1ccc(NC(=O)C[C@@H]2SC(=Nc3ccc(Cl)cc3C)N(C)C2=O)cc1C. The molecule has 0 spiro atoms. The van der Waals surface area contributed by atoms with Crippen molar-refractivity contribution >= 4 is 51.7 Å². The predicted molar refractivity (Wildman–Crippen MR) is 117 cm³/mol. The Morgan fingerprint density at radius 1 is 1.14 bits per heavy atom. The number of hydrogen-bond donors (Lipinski definition) is 1. The number of amides is 2. The summed E-state index contributed by atoms with van der Waals surface area (Å²) in [5.41, 5.74) is 4.70. The van der Waals surface area contributed by atoms with E-state index >= 15 is 0 Å². The smallest absolute Gasteiger partial charge is 0.242 e. The van der Waals surface area contributed by atoms with Gasteiger partial charge in [-0.2, -0.15) is 0 Å². The van der Waals surface area contributed by atoms with Crippen LogP contribution < -0.4 is 5.32 Å². The number of halogens is 1. The van der Waals surface area contributed by atoms with Crippen LogP contribution in [0.3, 0.4) is 0 Å². The molecule has 5 nitrogen and oxygen atoms in total. The van der Waals surface area contributed by atoms with Gasteiger partial charge in [0.15, 0.2) is 5.17 Å². The van der Waals surface area contributed by atoms with Crippen molar-refractivity contribution in [2.75, 3.05) is 12.4 Å². The van der Waals surface area contributed by atoms with E-state index in [-0.39, 0.29) is 18.2 Å². The van der Waals surface area contributed by atoms with Gasteiger partial charge in [-0.05, 0) is 67.8 Å². The predicted octanol–water partition coefficient (Wildman–Crippen LogP) is 4.86. The highest BCUT2D eigenvalue weighted by Crippen LogP contribution is 2.32. The number of carbonyl (C=O) groups excluding carboxylic acids is 2. The van der Waals surface area contributed by atoms with E-state index in [2.05, 4.69) is 10.3 Å². The number of hydrogen-bond acceptors (Lipinski definition) is 4. The fraction of sp³-hybridized carbons (Fsp3) is 0.286. The summed E-state index contributed by atoms with van der Waals surface area (Å²) < 4.78 is 0. The van der Waals surface area contributed by atoms with Crippen molar-refractivity contribution in [2.45, 2.75) is 32.4 Å². The van der Waals surface area contributed by atoms with Gasteiger partial charge < -0.3 is 5.32 Å². The maximum absolute atomic E-state index is 12.6. The summed E-state index contributed by atoms with van der Waals surface area (Å²) in [6.45, 7) is 5.94. The highest BCUT2D eigenvalue weighted by molar-refractivity contribution is 8.15. The molecule has 2 amide bonds. The Morgan fingerprint density at radius 2 is 1.89 bits per heavy atom. The molecule has 1 aliphatic heterocycles. The van der Waals surface area contributed by atoms with Crippen molar-refractivity contribution in [3.05, 3.63) is 58.1 Å². The third-order valence-electron chi connectivity index (χ3n) is 4.68. The third-order valence-corrected chi connectivity index (χ3v) is 6.14. The van der Waals surface area contributed by atoms with E-state index in [4.69, 9.17) is 11.6 Å². The topological polar surface area (TPSA) is 61.8 Å². The van der Waals surface area contributed by atoms with Crippen LogP contribution >= 0.6 is 23.4 Å². The highest BCUT2D eigenvalue weighted by atomic mass is 35.5. The zero-order valence-corrected chi connectivity index (χ0v) is 17.8. The summed E-state index contributed by atoms with van der Waals surface area (Å²) in [7, 11) is 1.68. The molecule has 3 rings (SSSR count). The highest BCUT2D eigenvalue weighted by Gasteiger charge is 2.37. The lowest BCUT2D eigenvalue weighted by molar-refractivity contribution is -0.127. The molecule has 0 aromatic heterocycles. The monoisotopic (exact) mass is 415 g/mol. The molecule has 1 saturated heterocycles. The molecule has 2 aromatic carbocycles. The second kappa shape index (κ2) is 8.37. The molecule has 1 N–H and O–H groups in total. The van der Waals surface area contributed by atoms with E-state index in [0.29, 0.717) is 10.2 Å². The van der Waals surface area contributed by atoms with Crippen LogP contribution in [-0.4, -0.2) is 34.2 Å². The summed E-state index contributed by atoms with van der Waals surface area (Å²) in [4.78, 5) is 31.1. The molecule has 1 aliphatic rings. The normalized spacial score (nSPS) is 18.0. The average Bonchev–Trinajstić information content (AvgIpc) is 2.88. The summed E-state index contributed by atoms with van der Waals surface area (Å²) in [6, 6.07) is 11.2. The van der Waals surface area contributed by atoms with E-state index < -0.39 is 5.25 Å². The van der Waals surface area contributed by atoms with Crippen LogP contribution in [0.15, 0.2) is 41.4 Å². The maximum atomic E-state index is 12.6. The van der Waals surface area contributed by atoms with Gasteiger partial charge in [0, 0.05) is 24.2 Å². The second-order valence-corrected chi connectivity index (χ2v) is 8.49. The minimum Gasteiger partial charge on any atom is -0.326 e. The molecule has 0 aliphatic carbocycles. The molecule has 1 fully saturated rings. The number of benzene rings is 2. The van der Waals surface area contributed by atoms with Crippen LogP contribution in [0, 0.1) is 20.8 Å². The lowest BCUT2D eigenvalue weighted by atomic mass is 10.1. The second-order valence-electron chi connectivity index (χ2n) is 6.88. The van der Waals surface area contributed by atoms with Crippen LogP contribution in [0.1, 0.15) is 23.1 Å². The van der Waals surface area contributed by atoms with Crippen LogP contribution in [0.25, 0.3) is 0 Å². The van der Waals surface area contributed by atoms with Gasteiger partial charge in [0.05, 0.1) is 5.69 Å². The Bertz CT molecular complexity index is 974. The molecule has 0 unspecified atom stereocenters. The van der Waals surface area contributed by atoms with Gasteiger partial charge >= 0.3 is 0 Å². The number of amidine groups is 1. The Morgan fingerprint density at radius 3 is 2.57 bits per heavy atom. The molecule has 0 bridgehead atoms. The molecule has 1 atom stereocenters. The van der Waals surface area contributed by atoms with Crippen LogP contribution in [0.2, 0.25) is 5.02 Å². The van der Waals surface area contributed by atoms with Crippen LogP contribution in [0.5, 0.6) is 0 Å². The van der Waals surface area contributed by atoms with Crippen molar-refractivity contribution in [1.29, 1.82) is 0 Å². The first kappa shape index (κ1) is 20.4. The zero-order valence-electron chi connectivity index (χ0n) is 16.2. The van der Waals surface area contributed by atoms with Crippen molar-refractivity contribution in [3.63, 3.8) is 0 Å². The van der Waals surface area contributed by atoms with Gasteiger partial charge in [0.25, 0.3) is 0 Å². The number of carbonyl (C=O) groups is 2. The van der Waals surface area contributed by atoms with E-state index in [9.17, 15) is 9.59 Å². The number of aryl methyl sites for hydroxylation is 3. The van der Waals surface area contributed by atoms with Gasteiger partial charge in [-0.25, -0.2) is 4.99 Å². The summed E-state index contributed by atoms with van der Waals surface area (Å²) in [6.07, 6.45) is 0.0966. The van der Waals surface area contributed by atoms with Crippen LogP contribution in [-0.2, 0) is 9.59 Å². The third kappa shape index (κ3) is 4.56. The number of rotatable bonds is 4. The Balaban J connectivity index is 1.69. The first-order valence-corrected chi connectivity index (χ1v) is 10.2. The van der Waals surface area contributed by atoms with Crippen molar-refractivity contribution in [2.24, 2.45) is 4.99 Å². The Kier molecular flexibility index (Phi) is 6.10. The molecular weight excluding hydrogens is 394 g/mol. The largest absolute Gasteiger partial charge is 0.326 e. The molecule has 28 heavy (non-hydrogen) atoms. The van der Waals surface area contributed by atoms with E-state index in [0.717, 1.165) is 22.5 Å². The van der Waals surface area contributed by atoms with Gasteiger partial charge in [-0.1, -0.05) is 29.4 Å². The van der Waals surface area contributed by atoms with E-state index in [1.807, 2.05) is 51.1 Å². The number of nitrogens with zero attached hydrogens (tertiary/aromatic N) is 2. The zero-order chi connectivity index (χ0) is 20.4. The van der Waals surface area contributed by atoms with Crippen molar-refractivity contribution < 1.29 is 9.59 Å². The fourth-order valence-corrected chi connectivity index (χ4v) is 4.22. The van der Waals surface area contributed by atoms with E-state index in [1.54, 1.807) is 13.1 Å². The molecule has 0 radical (unpaired) electrons. The number of anilines is 1. The quantitative estimate of drug-likeness (QED) is 0.775. The lowest BCUT2D eigenvalue weighted by Crippen LogP contribution is -2.30. The van der Waals surface area contributed by atoms with E-state index in [1.165, 1.54) is 22.2 Å². The van der Waals surface area contributed by atoms with Gasteiger partial charge in [0.2, 0.25) is 11.8 Å². The fourth-order valence-electron chi connectivity index (χ4n) is 2.84. The van der Waals surface area contributed by atoms with Gasteiger partial charge in [-0.15, -0.1) is 0 Å². The summed E-state index contributed by atoms with van der Waals surface area (Å²) in [5.74, 6) is -0.308. The van der Waals surface area contributed by atoms with Crippen molar-refractivity contribution in [3.8, 4) is 0 Å². The first-order chi connectivity index (χ1) is 13.2. The first-order valence-electron chi connectivity index (χ1n) is 8.91. The lowest BCUT2D eigenvalue weighted by Gasteiger charge is -2.10. The van der Waals surface area contributed by atoms with Crippen molar-refractivity contribution in [1.82, 2.24) is 4.90 Å². The standard InChI is InChI=1S/C21H22ClN3O2S/c1-12-5-7-16(10-13(12)2)23-19(26)11-18-20(27)25(4)21(28-18)24-17-8-6-15(22)9-14(17)3/h5-10,18H,11H2,1-4H3,(H,23,26)/t18-/m0/s1. The van der Waals surface area contributed by atoms with Crippen LogP contribution in [0.4, 0.5) is 11.4 Å². The molecular formula is C21H22ClN3O2S. The Labute approximate surface area is 174 Å². The molecule has 0 saturated carbocycles. The van der Waals surface area contributed by atoms with Gasteiger partial charge in [-0.3, -0.25) is 14.5 Å². The summed E-state index contributed by atoms with van der Waals surface area (Å²) in [5, 5.41) is 3.62. The Hall–Kier alpha value is -2.31. The minimum atomic E-state index is -0.483. The summed E-state index contributed by atoms with van der Waals surface area (Å²) >= 11 is 7.30. The molecule has 7 heteroatoms. The maximum Gasteiger partial charge on any atom is 0.242 e. The number of aliphatic imine (C=N–C) groups is 1. The number of thioether (sulfide) groups is 1.